The fourth-order valence-corrected chi connectivity index (χ4v) is 27.2. The molecule has 8 aromatic heterocycles. The molecular formula is C102H93F4N15O21S8. The smallest absolute Gasteiger partial charge is 0.266 e. The van der Waals surface area contributed by atoms with Crippen LogP contribution in [0.3, 0.4) is 0 Å². The van der Waals surface area contributed by atoms with Crippen molar-refractivity contribution in [1.82, 2.24) is 34.6 Å². The van der Waals surface area contributed by atoms with E-state index < -0.39 is 153 Å². The number of thiophene rings is 4. The predicted molar refractivity (Wildman–Crippen MR) is 551 cm³/mol. The van der Waals surface area contributed by atoms with Gasteiger partial charge in [-0.05, 0) is 216 Å². The zero-order valence-corrected chi connectivity index (χ0v) is 86.4. The lowest BCUT2D eigenvalue weighted by molar-refractivity contribution is -0.118. The number of likely N-dealkylation sites (N-methyl/N-ethyl adjacent to an activating group) is 1. The summed E-state index contributed by atoms with van der Waals surface area (Å²) in [5.41, 5.74) is 10.5. The molecule has 12 aromatic rings. The van der Waals surface area contributed by atoms with Crippen molar-refractivity contribution < 1.29 is 114 Å². The number of fused-ring (bicyclic) bond motifs is 5. The van der Waals surface area contributed by atoms with Crippen molar-refractivity contribution >= 4 is 201 Å². The summed E-state index contributed by atoms with van der Waals surface area (Å²) in [6.45, 7) is 11.1. The number of aromatic nitrogens is 4. The van der Waals surface area contributed by atoms with Crippen LogP contribution in [0.25, 0.3) is 0 Å². The van der Waals surface area contributed by atoms with Gasteiger partial charge in [0.15, 0.2) is 83.0 Å². The van der Waals surface area contributed by atoms with Crippen LogP contribution in [0.4, 0.5) is 57.9 Å². The summed E-state index contributed by atoms with van der Waals surface area (Å²) in [6.07, 6.45) is 7.95. The Morgan fingerprint density at radius 1 is 0.380 bits per heavy atom. The minimum atomic E-state index is -3.94. The maximum absolute atomic E-state index is 13.2. The molecule has 36 nitrogen and oxygen atoms in total. The largest absolute Gasteiger partial charge is 0.384 e. The number of anilines is 7. The number of carbonyl (C=O) groups is 12. The molecule has 16 heterocycles. The van der Waals surface area contributed by atoms with Crippen LogP contribution in [0, 0.1) is 20.5 Å². The third-order valence-corrected chi connectivity index (χ3v) is 37.7. The second-order valence-corrected chi connectivity index (χ2v) is 49.0. The number of morpholine rings is 1. The normalized spacial score (nSPS) is 15.8. The standard InChI is InChI=1S/C27H27FN4O6S2.C27H27FN4O5S2.C25H21FN4O5S2.C23H18FN3O5S2/c28-23-4-6-26(39-23)40(36,37)17-21(33)13-18-1-5-24(30-16-18)32-25(34)15-19-14-20(2-3-22(19)27(32)35)29-7-8-31-9-11-38-12-10-31;28-23-6-8-26(38-23)39(36,37)17-21(33)13-18-3-7-24(30-16-18)32-25(34)15-19-14-20(4-5-22(19)27(32)35)29-9-12-31-10-1-2-11-31;1-29-9-8-27-24(29)16-3-4-19-17(11-16)12-22(32)30(25(19)33)21-6-2-15(13-28-21)10-18(31)14-37(34,35)23-7-5-20(26)36-23;24-19-2-4-22(33-19)34(31,32)12-16(28)7-13-1-3-20(26-11-13)27-21(29)10-15-9-18-14(5-6-25-18)8-17(15)23(27)30/h1-6,14,16,29H,7-13,15,17H2;3-8,14,16,29H,1-2,9-13,15,17H2;2-7,11,13H,8-10,12,14H2,1H3;1-4,8-9,11,25H,5-7,10,12H2. The first-order valence-electron chi connectivity index (χ1n) is 47.0. The Morgan fingerprint density at radius 2 is 0.713 bits per heavy atom. The Bertz CT molecular complexity index is 7900. The summed E-state index contributed by atoms with van der Waals surface area (Å²) in [4.78, 5) is 186. The second-order valence-electron chi connectivity index (χ2n) is 36.0. The van der Waals surface area contributed by atoms with Gasteiger partial charge in [-0.2, -0.15) is 17.6 Å². The molecule has 0 aliphatic carbocycles. The number of rotatable bonds is 33. The highest BCUT2D eigenvalue weighted by Gasteiger charge is 2.40. The Balaban J connectivity index is 0.000000136. The number of amides is 8. The molecule has 150 heavy (non-hydrogen) atoms. The lowest BCUT2D eigenvalue weighted by Gasteiger charge is -2.27. The molecular weight excluding hydrogens is 2100 g/mol. The fraction of sp³-hybridized carbons (Fsp3) is 0.284. The molecule has 2 fully saturated rings. The highest BCUT2D eigenvalue weighted by atomic mass is 32.3. The second kappa shape index (κ2) is 46.1. The zero-order chi connectivity index (χ0) is 106. The number of nitrogens with zero attached hydrogens (tertiary/aromatic N) is 12. The number of ether oxygens (including phenoxy) is 1. The van der Waals surface area contributed by atoms with E-state index >= 15 is 0 Å². The highest BCUT2D eigenvalue weighted by molar-refractivity contribution is 7.95. The van der Waals surface area contributed by atoms with E-state index in [1.807, 2.05) is 60.5 Å². The van der Waals surface area contributed by atoms with Crippen LogP contribution in [-0.2, 0) is 140 Å². The van der Waals surface area contributed by atoms with Gasteiger partial charge in [-0.15, -0.1) is 0 Å². The molecule has 2 saturated heterocycles. The van der Waals surface area contributed by atoms with E-state index in [2.05, 4.69) is 50.7 Å². The van der Waals surface area contributed by atoms with Crippen molar-refractivity contribution in [2.45, 2.75) is 87.5 Å². The molecule has 8 aliphatic rings. The number of pyridine rings is 4. The van der Waals surface area contributed by atoms with Gasteiger partial charge >= 0.3 is 0 Å². The van der Waals surface area contributed by atoms with E-state index in [0.29, 0.717) is 119 Å². The number of hydrogen-bond donors (Lipinski definition) is 3. The van der Waals surface area contributed by atoms with Crippen LogP contribution in [0.1, 0.15) is 110 Å². The molecule has 48 heteroatoms. The number of carbonyl (C=O) groups excluding carboxylic acids is 12. The minimum absolute atomic E-state index is 0.0228. The third-order valence-electron chi connectivity index (χ3n) is 25.2. The predicted octanol–water partition coefficient (Wildman–Crippen LogP) is 10.3. The Kier molecular flexibility index (Phi) is 32.9. The number of amidine groups is 1. The van der Waals surface area contributed by atoms with E-state index in [0.717, 1.165) is 187 Å². The molecule has 20 rings (SSSR count). The molecule has 0 spiro atoms. The maximum Gasteiger partial charge on any atom is 0.266 e. The molecule has 0 bridgehead atoms. The maximum atomic E-state index is 13.2. The number of ketones is 4. The molecule has 0 saturated carbocycles. The fourth-order valence-electron chi connectivity index (χ4n) is 17.9. The van der Waals surface area contributed by atoms with Gasteiger partial charge in [-0.3, -0.25) is 67.4 Å². The quantitative estimate of drug-likeness (QED) is 0.0254. The number of hydrogen-bond acceptors (Lipinski definition) is 36. The Hall–Kier alpha value is -14.2. The lowest BCUT2D eigenvalue weighted by Crippen LogP contribution is -2.43. The Labute approximate surface area is 873 Å². The first kappa shape index (κ1) is 107. The van der Waals surface area contributed by atoms with Crippen molar-refractivity contribution in [3.8, 4) is 0 Å². The van der Waals surface area contributed by atoms with Crippen LogP contribution >= 0.6 is 45.3 Å². The van der Waals surface area contributed by atoms with Gasteiger partial charge in [0.2, 0.25) is 23.6 Å². The number of nitrogens with one attached hydrogen (secondary N) is 3. The Morgan fingerprint density at radius 3 is 1.04 bits per heavy atom. The summed E-state index contributed by atoms with van der Waals surface area (Å²) >= 11 is 1.88. The number of sulfone groups is 4. The number of imide groups is 4. The van der Waals surface area contributed by atoms with Gasteiger partial charge < -0.3 is 30.5 Å². The highest BCUT2D eigenvalue weighted by Crippen LogP contribution is 2.37. The summed E-state index contributed by atoms with van der Waals surface area (Å²) in [5.74, 6) is -7.64. The van der Waals surface area contributed by atoms with Gasteiger partial charge in [0.25, 0.3) is 23.6 Å². The number of benzene rings is 4. The van der Waals surface area contributed by atoms with E-state index in [1.165, 1.54) is 86.2 Å². The van der Waals surface area contributed by atoms with Crippen LogP contribution < -0.4 is 35.6 Å². The van der Waals surface area contributed by atoms with Gasteiger partial charge in [-0.1, -0.05) is 75.7 Å². The van der Waals surface area contributed by atoms with Gasteiger partial charge in [-0.25, -0.2) is 73.2 Å². The molecule has 8 aliphatic heterocycles. The monoisotopic (exact) mass is 2200 g/mol. The van der Waals surface area contributed by atoms with Crippen molar-refractivity contribution in [2.24, 2.45) is 4.99 Å². The lowest BCUT2D eigenvalue weighted by atomic mass is 9.95. The van der Waals surface area contributed by atoms with Crippen LogP contribution in [0.15, 0.2) is 210 Å². The van der Waals surface area contributed by atoms with Gasteiger partial charge in [0.1, 0.15) is 69.0 Å². The van der Waals surface area contributed by atoms with Gasteiger partial charge in [0.05, 0.1) is 45.4 Å². The number of aliphatic imine (C=N–C) groups is 1. The zero-order valence-electron chi connectivity index (χ0n) is 79.9. The molecule has 4 aromatic carbocycles. The molecule has 778 valence electrons. The van der Waals surface area contributed by atoms with E-state index in [9.17, 15) is 109 Å². The minimum Gasteiger partial charge on any atom is -0.384 e. The molecule has 0 radical (unpaired) electrons. The molecule has 3 N–H and O–H groups in total. The topological polar surface area (TPSA) is 473 Å². The summed E-state index contributed by atoms with van der Waals surface area (Å²) in [7, 11) is -13.8. The third kappa shape index (κ3) is 25.6. The van der Waals surface area contributed by atoms with Crippen LogP contribution in [0.2, 0.25) is 0 Å². The SMILES string of the molecule is CN1CCN=C1c1ccc2c(c1)CC(=O)N(c1ccc(CC(=O)CS(=O)(=O)c3ccc(F)s3)cn1)C2=O.O=C(Cc1ccc(N2C(=O)Cc3cc(NCCN4CCCC4)ccc3C2=O)nc1)CS(=O)(=O)c1ccc(F)s1.O=C(Cc1ccc(N2C(=O)Cc3cc(NCCN4CCOCC4)ccc3C2=O)nc1)CS(=O)(=O)c1ccc(F)s1.O=C(Cc1ccc(N2C(=O)Cc3cc4c(cc3C2=O)CCN4)nc1)CS(=O)(=O)c1ccc(F)s1. The van der Waals surface area contributed by atoms with E-state index in [4.69, 9.17) is 4.74 Å². The van der Waals surface area contributed by atoms with E-state index in [-0.39, 0.29) is 91.5 Å². The first-order valence-corrected chi connectivity index (χ1v) is 56.9. The van der Waals surface area contributed by atoms with Gasteiger partial charge in [0, 0.05) is 155 Å². The average Bonchev–Trinajstić information content (AvgIpc) is 1.27. The number of Topliss-reactive ketones (excluding diaryl/α,β-unsaturated/α-hetero) is 4. The summed E-state index contributed by atoms with van der Waals surface area (Å²) in [5, 5.41) is 7.38. The molecule has 8 amide bonds. The van der Waals surface area contributed by atoms with Crippen LogP contribution in [-0.4, -0.2) is 260 Å². The van der Waals surface area contributed by atoms with Crippen molar-refractivity contribution in [3.05, 3.63) is 287 Å². The van der Waals surface area contributed by atoms with Crippen molar-refractivity contribution in [2.75, 3.05) is 151 Å². The number of halogens is 4. The van der Waals surface area contributed by atoms with Crippen molar-refractivity contribution in [1.29, 1.82) is 0 Å². The number of likely N-dealkylation sites (tertiary alicyclic amines) is 1. The van der Waals surface area contributed by atoms with E-state index in [1.54, 1.807) is 18.2 Å². The summed E-state index contributed by atoms with van der Waals surface area (Å²) in [6, 6.07) is 40.3. The first-order chi connectivity index (χ1) is 71.7. The van der Waals surface area contributed by atoms with Crippen LogP contribution in [0.5, 0.6) is 0 Å². The summed E-state index contributed by atoms with van der Waals surface area (Å²) < 4.78 is 156. The average molecular weight is 2200 g/mol. The molecule has 0 unspecified atom stereocenters. The van der Waals surface area contributed by atoms with Crippen molar-refractivity contribution in [3.63, 3.8) is 0 Å². The molecule has 0 atom stereocenters.